The maximum absolute atomic E-state index is 12.7. The summed E-state index contributed by atoms with van der Waals surface area (Å²) in [5.74, 6) is -0.211. The Hall–Kier alpha value is -1.28. The van der Waals surface area contributed by atoms with Crippen LogP contribution in [0.2, 0.25) is 0 Å². The molecule has 264 valence electrons. The van der Waals surface area contributed by atoms with E-state index in [-0.39, 0.29) is 25.7 Å². The van der Waals surface area contributed by atoms with E-state index in [1.807, 2.05) is 6.08 Å². The number of hydrogen-bond donors (Lipinski definition) is 4. The first-order valence-corrected chi connectivity index (χ1v) is 19.6. The number of phosphoric acid groups is 1. The summed E-state index contributed by atoms with van der Waals surface area (Å²) in [6, 6.07) is -0.877. The molecule has 0 rings (SSSR count). The standard InChI is InChI=1S/C36H69N2O6P/c1-3-5-7-9-11-13-15-17-18-20-22-24-26-28-30-36(40)38-34(33-44-45(41,42)43-32-31-37)35(39)29-27-25-23-21-19-16-14-12-10-8-6-4-2/h10,12,19,21,27,29,34-35,39H,3-9,11,13-18,20,22-26,28,30-33,37H2,1-2H3,(H,38,40)(H,41,42)/b12-10+,21-19+,29-27+. The largest absolute Gasteiger partial charge is 0.472 e. The number of carbonyl (C=O) groups excluding carboxylic acids is 1. The Labute approximate surface area is 276 Å². The lowest BCUT2D eigenvalue weighted by atomic mass is 10.0. The predicted molar refractivity (Wildman–Crippen MR) is 189 cm³/mol. The van der Waals surface area contributed by atoms with Gasteiger partial charge in [0.25, 0.3) is 0 Å². The molecule has 0 spiro atoms. The van der Waals surface area contributed by atoms with Gasteiger partial charge in [-0.2, -0.15) is 0 Å². The van der Waals surface area contributed by atoms with Crippen molar-refractivity contribution in [1.82, 2.24) is 5.32 Å². The van der Waals surface area contributed by atoms with Crippen LogP contribution in [0.4, 0.5) is 0 Å². The van der Waals surface area contributed by atoms with Gasteiger partial charge >= 0.3 is 7.82 Å². The Morgan fingerprint density at radius 3 is 1.69 bits per heavy atom. The minimum atomic E-state index is -4.34. The van der Waals surface area contributed by atoms with Crippen LogP contribution in [-0.4, -0.2) is 47.8 Å². The lowest BCUT2D eigenvalue weighted by molar-refractivity contribution is -0.123. The first kappa shape index (κ1) is 43.7. The van der Waals surface area contributed by atoms with Crippen LogP contribution in [0.1, 0.15) is 155 Å². The molecule has 0 radical (unpaired) electrons. The normalized spacial score (nSPS) is 14.9. The van der Waals surface area contributed by atoms with E-state index in [1.54, 1.807) is 6.08 Å². The van der Waals surface area contributed by atoms with Crippen LogP contribution in [0.15, 0.2) is 36.5 Å². The fourth-order valence-electron chi connectivity index (χ4n) is 4.91. The summed E-state index contributed by atoms with van der Waals surface area (Å²) in [5.41, 5.74) is 5.34. The van der Waals surface area contributed by atoms with E-state index in [0.717, 1.165) is 51.4 Å². The van der Waals surface area contributed by atoms with Gasteiger partial charge in [-0.05, 0) is 38.5 Å². The SMILES string of the molecule is CCCC/C=C/CC/C=C/CC/C=C/C(O)C(COP(=O)(O)OCCN)NC(=O)CCCCCCCCCCCCCCCC. The molecule has 45 heavy (non-hydrogen) atoms. The highest BCUT2D eigenvalue weighted by Crippen LogP contribution is 2.43. The van der Waals surface area contributed by atoms with E-state index in [0.29, 0.717) is 6.42 Å². The maximum atomic E-state index is 12.7. The average molecular weight is 657 g/mol. The molecular weight excluding hydrogens is 587 g/mol. The van der Waals surface area contributed by atoms with Gasteiger partial charge in [-0.3, -0.25) is 13.8 Å². The number of aliphatic hydroxyl groups excluding tert-OH is 1. The van der Waals surface area contributed by atoms with Gasteiger partial charge in [-0.1, -0.05) is 147 Å². The Morgan fingerprint density at radius 2 is 1.18 bits per heavy atom. The van der Waals surface area contributed by atoms with E-state index in [1.165, 1.54) is 83.5 Å². The second-order valence-corrected chi connectivity index (χ2v) is 13.5. The summed E-state index contributed by atoms with van der Waals surface area (Å²) < 4.78 is 22.0. The summed E-state index contributed by atoms with van der Waals surface area (Å²) in [6.07, 6.45) is 36.2. The molecule has 0 fully saturated rings. The molecule has 0 saturated carbocycles. The van der Waals surface area contributed by atoms with Crippen LogP contribution < -0.4 is 11.1 Å². The van der Waals surface area contributed by atoms with Crippen LogP contribution >= 0.6 is 7.82 Å². The molecule has 8 nitrogen and oxygen atoms in total. The number of aliphatic hydroxyl groups is 1. The first-order valence-electron chi connectivity index (χ1n) is 18.1. The molecule has 9 heteroatoms. The zero-order valence-electron chi connectivity index (χ0n) is 28.8. The van der Waals surface area contributed by atoms with Gasteiger partial charge in [0.15, 0.2) is 0 Å². The van der Waals surface area contributed by atoms with Crippen molar-refractivity contribution in [2.45, 2.75) is 167 Å². The van der Waals surface area contributed by atoms with Crippen LogP contribution in [0.3, 0.4) is 0 Å². The molecule has 0 aliphatic rings. The van der Waals surface area contributed by atoms with Gasteiger partial charge in [-0.25, -0.2) is 4.57 Å². The predicted octanol–water partition coefficient (Wildman–Crippen LogP) is 9.22. The van der Waals surface area contributed by atoms with Crippen molar-refractivity contribution in [3.63, 3.8) is 0 Å². The average Bonchev–Trinajstić information content (AvgIpc) is 3.02. The maximum Gasteiger partial charge on any atom is 0.472 e. The van der Waals surface area contributed by atoms with E-state index in [4.69, 9.17) is 14.8 Å². The third-order valence-electron chi connectivity index (χ3n) is 7.70. The molecule has 3 atom stereocenters. The fourth-order valence-corrected chi connectivity index (χ4v) is 5.67. The minimum absolute atomic E-state index is 0.0722. The van der Waals surface area contributed by atoms with Crippen LogP contribution in [-0.2, 0) is 18.4 Å². The van der Waals surface area contributed by atoms with Crippen molar-refractivity contribution >= 4 is 13.7 Å². The van der Waals surface area contributed by atoms with Gasteiger partial charge in [0.2, 0.25) is 5.91 Å². The van der Waals surface area contributed by atoms with Crippen molar-refractivity contribution in [1.29, 1.82) is 0 Å². The number of nitrogens with one attached hydrogen (secondary N) is 1. The van der Waals surface area contributed by atoms with E-state index >= 15 is 0 Å². The second kappa shape index (κ2) is 32.7. The molecule has 0 aromatic rings. The van der Waals surface area contributed by atoms with Crippen LogP contribution in [0.5, 0.6) is 0 Å². The molecule has 0 saturated heterocycles. The van der Waals surface area contributed by atoms with Gasteiger partial charge < -0.3 is 21.1 Å². The zero-order chi connectivity index (χ0) is 33.3. The zero-order valence-corrected chi connectivity index (χ0v) is 29.7. The first-order chi connectivity index (χ1) is 21.9. The number of carbonyl (C=O) groups is 1. The number of nitrogens with two attached hydrogens (primary N) is 1. The number of rotatable bonds is 33. The number of unbranched alkanes of at least 4 members (excludes halogenated alkanes) is 17. The lowest BCUT2D eigenvalue weighted by Crippen LogP contribution is -2.45. The third kappa shape index (κ3) is 31.1. The second-order valence-electron chi connectivity index (χ2n) is 12.1. The van der Waals surface area contributed by atoms with Crippen molar-refractivity contribution in [3.8, 4) is 0 Å². The smallest absolute Gasteiger partial charge is 0.387 e. The minimum Gasteiger partial charge on any atom is -0.387 e. The van der Waals surface area contributed by atoms with Crippen molar-refractivity contribution in [3.05, 3.63) is 36.5 Å². The molecule has 0 heterocycles. The topological polar surface area (TPSA) is 131 Å². The Morgan fingerprint density at radius 1 is 0.711 bits per heavy atom. The lowest BCUT2D eigenvalue weighted by Gasteiger charge is -2.23. The van der Waals surface area contributed by atoms with Crippen molar-refractivity contribution in [2.75, 3.05) is 19.8 Å². The van der Waals surface area contributed by atoms with Crippen molar-refractivity contribution < 1.29 is 28.4 Å². The molecule has 5 N–H and O–H groups in total. The summed E-state index contributed by atoms with van der Waals surface area (Å²) in [6.45, 7) is 4.03. The van der Waals surface area contributed by atoms with Gasteiger partial charge in [0, 0.05) is 13.0 Å². The van der Waals surface area contributed by atoms with E-state index in [2.05, 4.69) is 43.5 Å². The molecule has 0 aliphatic carbocycles. The monoisotopic (exact) mass is 656 g/mol. The molecule has 0 bridgehead atoms. The summed E-state index contributed by atoms with van der Waals surface area (Å²) >= 11 is 0. The van der Waals surface area contributed by atoms with Crippen LogP contribution in [0, 0.1) is 0 Å². The van der Waals surface area contributed by atoms with Crippen LogP contribution in [0.25, 0.3) is 0 Å². The van der Waals surface area contributed by atoms with E-state index < -0.39 is 20.0 Å². The third-order valence-corrected chi connectivity index (χ3v) is 8.68. The number of allylic oxidation sites excluding steroid dienone is 5. The van der Waals surface area contributed by atoms with Gasteiger partial charge in [0.1, 0.15) is 0 Å². The highest BCUT2D eigenvalue weighted by molar-refractivity contribution is 7.47. The highest BCUT2D eigenvalue weighted by Gasteiger charge is 2.26. The number of phosphoric ester groups is 1. The molecular formula is C36H69N2O6P. The Bertz CT molecular complexity index is 804. The number of hydrogen-bond acceptors (Lipinski definition) is 6. The van der Waals surface area contributed by atoms with E-state index in [9.17, 15) is 19.4 Å². The molecule has 0 aromatic carbocycles. The van der Waals surface area contributed by atoms with Gasteiger partial charge in [0.05, 0.1) is 25.4 Å². The summed E-state index contributed by atoms with van der Waals surface area (Å²) in [4.78, 5) is 22.5. The molecule has 0 aliphatic heterocycles. The molecule has 1 amide bonds. The van der Waals surface area contributed by atoms with Gasteiger partial charge in [-0.15, -0.1) is 0 Å². The fraction of sp³-hybridized carbons (Fsp3) is 0.806. The van der Waals surface area contributed by atoms with Crippen molar-refractivity contribution in [2.24, 2.45) is 5.73 Å². The summed E-state index contributed by atoms with van der Waals surface area (Å²) in [7, 11) is -4.34. The highest BCUT2D eigenvalue weighted by atomic mass is 31.2. The Balaban J connectivity index is 4.40. The molecule has 0 aromatic heterocycles. The molecule has 3 unspecified atom stereocenters. The quantitative estimate of drug-likeness (QED) is 0.0315. The number of amides is 1. The summed E-state index contributed by atoms with van der Waals surface area (Å²) in [5, 5.41) is 13.5. The Kier molecular flexibility index (Phi) is 31.7.